The number of nitrogens with one attached hydrogen (secondary N) is 1. The van der Waals surface area contributed by atoms with Crippen molar-refractivity contribution >= 4 is 5.69 Å². The van der Waals surface area contributed by atoms with Crippen molar-refractivity contribution in [2.75, 3.05) is 24.5 Å². The molecule has 1 aliphatic heterocycles. The second-order valence-electron chi connectivity index (χ2n) is 5.50. The van der Waals surface area contributed by atoms with E-state index in [4.69, 9.17) is 4.74 Å². The molecule has 1 heterocycles. The maximum Gasteiger partial charge on any atom is 0.142 e. The molecule has 2 N–H and O–H groups in total. The fourth-order valence-electron chi connectivity index (χ4n) is 2.39. The van der Waals surface area contributed by atoms with E-state index in [0.29, 0.717) is 19.1 Å². The molecule has 1 aromatic rings. The Morgan fingerprint density at radius 2 is 2.05 bits per heavy atom. The Morgan fingerprint density at radius 1 is 1.32 bits per heavy atom. The topological polar surface area (TPSA) is 44.7 Å². The van der Waals surface area contributed by atoms with E-state index in [-0.39, 0.29) is 12.2 Å². The summed E-state index contributed by atoms with van der Waals surface area (Å²) in [6.07, 6.45) is -0.203. The van der Waals surface area contributed by atoms with Crippen LogP contribution in [0.15, 0.2) is 24.3 Å². The van der Waals surface area contributed by atoms with Gasteiger partial charge < -0.3 is 20.1 Å². The lowest BCUT2D eigenvalue weighted by atomic mass is 10.2. The third kappa shape index (κ3) is 3.85. The van der Waals surface area contributed by atoms with Crippen LogP contribution in [0.3, 0.4) is 0 Å². The highest BCUT2D eigenvalue weighted by atomic mass is 16.5. The zero-order valence-corrected chi connectivity index (χ0v) is 12.0. The molecule has 1 aliphatic rings. The maximum absolute atomic E-state index is 9.97. The molecule has 0 saturated carbocycles. The van der Waals surface area contributed by atoms with Gasteiger partial charge in [-0.25, -0.2) is 0 Å². The van der Waals surface area contributed by atoms with Crippen molar-refractivity contribution in [3.8, 4) is 5.75 Å². The van der Waals surface area contributed by atoms with E-state index in [2.05, 4.69) is 23.2 Å². The highest BCUT2D eigenvalue weighted by Crippen LogP contribution is 2.29. The zero-order chi connectivity index (χ0) is 13.8. The van der Waals surface area contributed by atoms with Crippen LogP contribution >= 0.6 is 0 Å². The molecule has 0 aromatic heterocycles. The number of aliphatic hydroxyl groups excluding tert-OH is 1. The molecule has 1 saturated heterocycles. The van der Waals surface area contributed by atoms with Crippen LogP contribution in [0.2, 0.25) is 0 Å². The molecular formula is C15H24N2O2. The highest BCUT2D eigenvalue weighted by molar-refractivity contribution is 5.58. The normalized spacial score (nSPS) is 24.4. The summed E-state index contributed by atoms with van der Waals surface area (Å²) in [4.78, 5) is 2.20. The van der Waals surface area contributed by atoms with Crippen molar-refractivity contribution in [1.82, 2.24) is 5.32 Å². The third-order valence-corrected chi connectivity index (χ3v) is 3.20. The van der Waals surface area contributed by atoms with Crippen LogP contribution in [0.1, 0.15) is 20.8 Å². The predicted octanol–water partition coefficient (Wildman–Crippen LogP) is 1.63. The number of nitrogens with zero attached hydrogens (tertiary/aromatic N) is 1. The van der Waals surface area contributed by atoms with Crippen LogP contribution in [0.4, 0.5) is 5.69 Å². The van der Waals surface area contributed by atoms with E-state index in [1.807, 2.05) is 32.0 Å². The second kappa shape index (κ2) is 6.26. The van der Waals surface area contributed by atoms with Crippen molar-refractivity contribution in [3.63, 3.8) is 0 Å². The summed E-state index contributed by atoms with van der Waals surface area (Å²) in [7, 11) is 0. The van der Waals surface area contributed by atoms with Gasteiger partial charge in [-0.3, -0.25) is 0 Å². The first-order valence-corrected chi connectivity index (χ1v) is 6.98. The summed E-state index contributed by atoms with van der Waals surface area (Å²) in [6, 6.07) is 8.40. The average Bonchev–Trinajstić information content (AvgIpc) is 2.51. The Labute approximate surface area is 115 Å². The van der Waals surface area contributed by atoms with Gasteiger partial charge in [-0.2, -0.15) is 0 Å². The number of aliphatic hydroxyl groups is 1. The van der Waals surface area contributed by atoms with Crippen molar-refractivity contribution < 1.29 is 9.84 Å². The van der Waals surface area contributed by atoms with Crippen LogP contribution in [0, 0.1) is 0 Å². The molecule has 0 bridgehead atoms. The summed E-state index contributed by atoms with van der Waals surface area (Å²) in [5.41, 5.74) is 1.06. The molecule has 0 spiro atoms. The Balaban J connectivity index is 2.23. The standard InChI is InChI=1S/C15H24N2O2/c1-11(2)19-15-7-5-4-6-14(15)17-9-12(3)16-8-13(18)10-17/h4-7,11-13,16,18H,8-10H2,1-3H3. The monoisotopic (exact) mass is 264 g/mol. The van der Waals surface area contributed by atoms with Gasteiger partial charge in [0, 0.05) is 25.7 Å². The van der Waals surface area contributed by atoms with Crippen LogP contribution in [-0.4, -0.2) is 43.0 Å². The number of para-hydroxylation sites is 2. The van der Waals surface area contributed by atoms with Crippen LogP contribution in [0.25, 0.3) is 0 Å². The number of β-amino-alcohol motifs (C(OH)–C–C–N with tert-alkyl or cyclic N) is 1. The summed E-state index contributed by atoms with van der Waals surface area (Å²) in [5.74, 6) is 0.888. The molecule has 2 unspecified atom stereocenters. The number of benzene rings is 1. The minimum absolute atomic E-state index is 0.147. The lowest BCUT2D eigenvalue weighted by molar-refractivity contribution is 0.182. The molecule has 0 amide bonds. The summed E-state index contributed by atoms with van der Waals surface area (Å²) in [5, 5.41) is 13.3. The van der Waals surface area contributed by atoms with Crippen molar-refractivity contribution in [2.24, 2.45) is 0 Å². The molecule has 4 heteroatoms. The molecule has 106 valence electrons. The first-order valence-electron chi connectivity index (χ1n) is 6.98. The largest absolute Gasteiger partial charge is 0.489 e. The van der Waals surface area contributed by atoms with Crippen molar-refractivity contribution in [1.29, 1.82) is 0 Å². The fraction of sp³-hybridized carbons (Fsp3) is 0.600. The van der Waals surface area contributed by atoms with E-state index in [0.717, 1.165) is 18.0 Å². The van der Waals surface area contributed by atoms with Gasteiger partial charge >= 0.3 is 0 Å². The number of rotatable bonds is 3. The number of hydrogen-bond acceptors (Lipinski definition) is 4. The van der Waals surface area contributed by atoms with Gasteiger partial charge in [0.2, 0.25) is 0 Å². The van der Waals surface area contributed by atoms with Gasteiger partial charge in [0.05, 0.1) is 17.9 Å². The van der Waals surface area contributed by atoms with E-state index >= 15 is 0 Å². The summed E-state index contributed by atoms with van der Waals surface area (Å²) in [6.45, 7) is 8.34. The third-order valence-electron chi connectivity index (χ3n) is 3.20. The second-order valence-corrected chi connectivity index (χ2v) is 5.50. The SMILES string of the molecule is CC1CN(c2ccccc2OC(C)C)CC(O)CN1. The maximum atomic E-state index is 9.97. The van der Waals surface area contributed by atoms with Crippen LogP contribution in [0.5, 0.6) is 5.75 Å². The molecular weight excluding hydrogens is 240 g/mol. The minimum Gasteiger partial charge on any atom is -0.489 e. The fourth-order valence-corrected chi connectivity index (χ4v) is 2.39. The van der Waals surface area contributed by atoms with Gasteiger partial charge in [0.15, 0.2) is 0 Å². The van der Waals surface area contributed by atoms with E-state index < -0.39 is 0 Å². The minimum atomic E-state index is -0.350. The molecule has 1 aromatic carbocycles. The first kappa shape index (κ1) is 14.2. The summed E-state index contributed by atoms with van der Waals surface area (Å²) < 4.78 is 5.87. The average molecular weight is 264 g/mol. The Hall–Kier alpha value is -1.26. The lowest BCUT2D eigenvalue weighted by Crippen LogP contribution is -2.35. The first-order chi connectivity index (χ1) is 9.06. The Morgan fingerprint density at radius 3 is 2.79 bits per heavy atom. The Kier molecular flexibility index (Phi) is 4.66. The molecule has 0 radical (unpaired) electrons. The molecule has 4 nitrogen and oxygen atoms in total. The van der Waals surface area contributed by atoms with E-state index in [1.54, 1.807) is 0 Å². The van der Waals surface area contributed by atoms with Gasteiger partial charge in [0.25, 0.3) is 0 Å². The predicted molar refractivity (Wildman–Crippen MR) is 77.9 cm³/mol. The van der Waals surface area contributed by atoms with E-state index in [1.165, 1.54) is 0 Å². The zero-order valence-electron chi connectivity index (χ0n) is 12.0. The van der Waals surface area contributed by atoms with Crippen LogP contribution in [-0.2, 0) is 0 Å². The molecule has 0 aliphatic carbocycles. The number of hydrogen-bond donors (Lipinski definition) is 2. The number of anilines is 1. The van der Waals surface area contributed by atoms with Gasteiger partial charge in [-0.1, -0.05) is 12.1 Å². The molecule has 2 rings (SSSR count). The van der Waals surface area contributed by atoms with Crippen molar-refractivity contribution in [2.45, 2.75) is 39.0 Å². The number of ether oxygens (including phenoxy) is 1. The molecule has 19 heavy (non-hydrogen) atoms. The molecule has 1 fully saturated rings. The van der Waals surface area contributed by atoms with Crippen molar-refractivity contribution in [3.05, 3.63) is 24.3 Å². The Bertz CT molecular complexity index is 397. The molecule has 2 atom stereocenters. The van der Waals surface area contributed by atoms with Gasteiger partial charge in [-0.05, 0) is 32.9 Å². The highest BCUT2D eigenvalue weighted by Gasteiger charge is 2.22. The van der Waals surface area contributed by atoms with Gasteiger partial charge in [-0.15, -0.1) is 0 Å². The van der Waals surface area contributed by atoms with E-state index in [9.17, 15) is 5.11 Å². The lowest BCUT2D eigenvalue weighted by Gasteiger charge is -2.28. The quantitative estimate of drug-likeness (QED) is 0.871. The van der Waals surface area contributed by atoms with Crippen LogP contribution < -0.4 is 15.0 Å². The summed E-state index contributed by atoms with van der Waals surface area (Å²) >= 11 is 0. The smallest absolute Gasteiger partial charge is 0.142 e. The van der Waals surface area contributed by atoms with Gasteiger partial charge in [0.1, 0.15) is 5.75 Å².